The molecule has 0 atom stereocenters. The molecule has 0 saturated heterocycles. The van der Waals surface area contributed by atoms with E-state index in [2.05, 4.69) is 15.1 Å². The van der Waals surface area contributed by atoms with Crippen LogP contribution in [-0.2, 0) is 22.6 Å². The molecule has 3 aromatic heterocycles. The van der Waals surface area contributed by atoms with Gasteiger partial charge in [-0.05, 0) is 44.5 Å². The highest BCUT2D eigenvalue weighted by atomic mass is 16.2. The van der Waals surface area contributed by atoms with Crippen molar-refractivity contribution >= 4 is 17.5 Å². The molecule has 1 aliphatic rings. The highest BCUT2D eigenvalue weighted by Crippen LogP contribution is 2.23. The zero-order valence-corrected chi connectivity index (χ0v) is 17.3. The number of rotatable bonds is 6. The van der Waals surface area contributed by atoms with Crippen LogP contribution in [0, 0.1) is 13.8 Å². The lowest BCUT2D eigenvalue weighted by atomic mass is 10.1. The van der Waals surface area contributed by atoms with Gasteiger partial charge in [0, 0.05) is 61.6 Å². The van der Waals surface area contributed by atoms with Crippen LogP contribution < -0.4 is 4.90 Å². The van der Waals surface area contributed by atoms with Crippen molar-refractivity contribution in [2.24, 2.45) is 0 Å². The SMILES string of the molecule is Cc1cccc(-c2ccc(CC(=O)CCC(=O)N3CCCn4nc(C)cc43)nc2)n1. The van der Waals surface area contributed by atoms with E-state index in [1.54, 1.807) is 11.1 Å². The maximum atomic E-state index is 12.7. The molecule has 7 nitrogen and oxygen atoms in total. The van der Waals surface area contributed by atoms with E-state index in [1.807, 2.05) is 54.9 Å². The summed E-state index contributed by atoms with van der Waals surface area (Å²) < 4.78 is 1.87. The van der Waals surface area contributed by atoms with Crippen molar-refractivity contribution in [3.63, 3.8) is 0 Å². The highest BCUT2D eigenvalue weighted by molar-refractivity contribution is 5.95. The van der Waals surface area contributed by atoms with E-state index < -0.39 is 0 Å². The molecule has 0 bridgehead atoms. The number of nitrogens with zero attached hydrogens (tertiary/aromatic N) is 5. The number of Topliss-reactive ketones (excluding diaryl/α,β-unsaturated/α-hetero) is 1. The minimum Gasteiger partial charge on any atom is -0.299 e. The van der Waals surface area contributed by atoms with E-state index in [0.717, 1.165) is 41.4 Å². The normalized spacial score (nSPS) is 13.2. The topological polar surface area (TPSA) is 81.0 Å². The van der Waals surface area contributed by atoms with Crippen molar-refractivity contribution in [3.05, 3.63) is 59.7 Å². The average Bonchev–Trinajstić information content (AvgIpc) is 3.12. The van der Waals surface area contributed by atoms with Crippen molar-refractivity contribution in [2.45, 2.75) is 46.1 Å². The standard InChI is InChI=1S/C23H25N5O2/c1-16-5-3-6-21(25-16)18-7-8-19(24-15-18)14-20(29)9-10-23(30)27-11-4-12-28-22(27)13-17(2)26-28/h3,5-8,13,15H,4,9-12,14H2,1-2H3. The van der Waals surface area contributed by atoms with Gasteiger partial charge >= 0.3 is 0 Å². The number of carbonyl (C=O) groups excluding carboxylic acids is 2. The summed E-state index contributed by atoms with van der Waals surface area (Å²) in [6, 6.07) is 11.6. The summed E-state index contributed by atoms with van der Waals surface area (Å²) in [6.07, 6.45) is 3.26. The van der Waals surface area contributed by atoms with Crippen molar-refractivity contribution < 1.29 is 9.59 Å². The molecule has 0 unspecified atom stereocenters. The van der Waals surface area contributed by atoms with E-state index >= 15 is 0 Å². The van der Waals surface area contributed by atoms with Crippen LogP contribution in [0.5, 0.6) is 0 Å². The average molecular weight is 403 g/mol. The second-order valence-electron chi connectivity index (χ2n) is 7.68. The number of carbonyl (C=O) groups is 2. The lowest BCUT2D eigenvalue weighted by molar-refractivity contribution is -0.123. The predicted octanol–water partition coefficient (Wildman–Crippen LogP) is 3.29. The zero-order chi connectivity index (χ0) is 21.1. The largest absolute Gasteiger partial charge is 0.299 e. The number of aromatic nitrogens is 4. The Morgan fingerprint density at radius 1 is 1.03 bits per heavy atom. The van der Waals surface area contributed by atoms with E-state index in [9.17, 15) is 9.59 Å². The molecule has 3 aromatic rings. The van der Waals surface area contributed by atoms with Gasteiger partial charge < -0.3 is 0 Å². The second-order valence-corrected chi connectivity index (χ2v) is 7.68. The van der Waals surface area contributed by atoms with Crippen molar-refractivity contribution in [1.29, 1.82) is 0 Å². The molecule has 0 aromatic carbocycles. The molecule has 4 rings (SSSR count). The van der Waals surface area contributed by atoms with Gasteiger partial charge in [0.15, 0.2) is 0 Å². The molecular formula is C23H25N5O2. The molecule has 30 heavy (non-hydrogen) atoms. The van der Waals surface area contributed by atoms with Gasteiger partial charge in [0.1, 0.15) is 11.6 Å². The molecule has 1 aliphatic heterocycles. The minimum absolute atomic E-state index is 0.0129. The quantitative estimate of drug-likeness (QED) is 0.631. The maximum Gasteiger partial charge on any atom is 0.228 e. The third kappa shape index (κ3) is 4.45. The highest BCUT2D eigenvalue weighted by Gasteiger charge is 2.24. The number of hydrogen-bond donors (Lipinski definition) is 0. The van der Waals surface area contributed by atoms with Gasteiger partial charge in [-0.25, -0.2) is 4.68 Å². The van der Waals surface area contributed by atoms with Gasteiger partial charge in [0.2, 0.25) is 5.91 Å². The first-order chi connectivity index (χ1) is 14.5. The molecule has 4 heterocycles. The van der Waals surface area contributed by atoms with Crippen LogP contribution in [0.15, 0.2) is 42.6 Å². The van der Waals surface area contributed by atoms with Crippen LogP contribution in [0.1, 0.15) is 36.3 Å². The number of aryl methyl sites for hydroxylation is 3. The molecule has 7 heteroatoms. The van der Waals surface area contributed by atoms with E-state index in [4.69, 9.17) is 0 Å². The third-order valence-corrected chi connectivity index (χ3v) is 5.21. The first kappa shape index (κ1) is 19.9. The summed E-state index contributed by atoms with van der Waals surface area (Å²) in [7, 11) is 0. The molecule has 0 aliphatic carbocycles. The van der Waals surface area contributed by atoms with Gasteiger partial charge in [-0.2, -0.15) is 5.10 Å². The summed E-state index contributed by atoms with van der Waals surface area (Å²) in [4.78, 5) is 35.7. The molecule has 154 valence electrons. The monoisotopic (exact) mass is 403 g/mol. The molecule has 0 fully saturated rings. The van der Waals surface area contributed by atoms with Crippen molar-refractivity contribution in [1.82, 2.24) is 19.7 Å². The van der Waals surface area contributed by atoms with E-state index in [1.165, 1.54) is 0 Å². The Morgan fingerprint density at radius 2 is 1.90 bits per heavy atom. The minimum atomic E-state index is -0.0296. The van der Waals surface area contributed by atoms with Crippen molar-refractivity contribution in [3.8, 4) is 11.3 Å². The summed E-state index contributed by atoms with van der Waals surface area (Å²) >= 11 is 0. The number of amides is 1. The summed E-state index contributed by atoms with van der Waals surface area (Å²) in [5.74, 6) is 0.815. The molecule has 1 amide bonds. The first-order valence-electron chi connectivity index (χ1n) is 10.2. The molecule has 0 saturated carbocycles. The Morgan fingerprint density at radius 3 is 2.67 bits per heavy atom. The molecule has 0 radical (unpaired) electrons. The molecule has 0 spiro atoms. The number of ketones is 1. The maximum absolute atomic E-state index is 12.7. The summed E-state index contributed by atoms with van der Waals surface area (Å²) in [6.45, 7) is 5.37. The van der Waals surface area contributed by atoms with E-state index in [-0.39, 0.29) is 31.0 Å². The molecular weight excluding hydrogens is 378 g/mol. The van der Waals surface area contributed by atoms with Crippen LogP contribution in [0.4, 0.5) is 5.82 Å². The Bertz CT molecular complexity index is 1070. The lowest BCUT2D eigenvalue weighted by Gasteiger charge is -2.27. The van der Waals surface area contributed by atoms with Gasteiger partial charge in [-0.1, -0.05) is 6.07 Å². The Balaban J connectivity index is 1.32. The fourth-order valence-corrected chi connectivity index (χ4v) is 3.72. The molecule has 0 N–H and O–H groups in total. The number of anilines is 1. The number of pyridine rings is 2. The van der Waals surface area contributed by atoms with E-state index in [0.29, 0.717) is 12.2 Å². The predicted molar refractivity (Wildman–Crippen MR) is 114 cm³/mol. The van der Waals surface area contributed by atoms with Gasteiger partial charge in [-0.15, -0.1) is 0 Å². The van der Waals surface area contributed by atoms with Crippen LogP contribution in [-0.4, -0.2) is 38.0 Å². The smallest absolute Gasteiger partial charge is 0.228 e. The zero-order valence-electron chi connectivity index (χ0n) is 17.3. The van der Waals surface area contributed by atoms with Crippen molar-refractivity contribution in [2.75, 3.05) is 11.4 Å². The Labute approximate surface area is 175 Å². The Hall–Kier alpha value is -3.35. The Kier molecular flexibility index (Phi) is 5.70. The fourth-order valence-electron chi connectivity index (χ4n) is 3.72. The third-order valence-electron chi connectivity index (χ3n) is 5.21. The fraction of sp³-hybridized carbons (Fsp3) is 0.348. The summed E-state index contributed by atoms with van der Waals surface area (Å²) in [5.41, 5.74) is 4.33. The van der Waals surface area contributed by atoms with Gasteiger partial charge in [0.25, 0.3) is 0 Å². The van der Waals surface area contributed by atoms with Gasteiger partial charge in [0.05, 0.1) is 11.4 Å². The van der Waals surface area contributed by atoms with Crippen LogP contribution in [0.3, 0.4) is 0 Å². The lowest BCUT2D eigenvalue weighted by Crippen LogP contribution is -2.37. The van der Waals surface area contributed by atoms with Gasteiger partial charge in [-0.3, -0.25) is 24.5 Å². The second kappa shape index (κ2) is 8.57. The summed E-state index contributed by atoms with van der Waals surface area (Å²) in [5, 5.41) is 4.41. The van der Waals surface area contributed by atoms with Crippen LogP contribution in [0.2, 0.25) is 0 Å². The first-order valence-corrected chi connectivity index (χ1v) is 10.2. The number of hydrogen-bond acceptors (Lipinski definition) is 5. The number of fused-ring (bicyclic) bond motifs is 1. The van der Waals surface area contributed by atoms with Crippen LogP contribution in [0.25, 0.3) is 11.3 Å². The van der Waals surface area contributed by atoms with Crippen LogP contribution >= 0.6 is 0 Å².